The molecule has 1 aromatic carbocycles. The van der Waals surface area contributed by atoms with Crippen molar-refractivity contribution in [3.8, 4) is 0 Å². The molecule has 8 heteroatoms. The number of alkyl halides is 3. The lowest BCUT2D eigenvalue weighted by atomic mass is 9.82. The van der Waals surface area contributed by atoms with Gasteiger partial charge in [0, 0.05) is 17.9 Å². The molecule has 1 aliphatic heterocycles. The van der Waals surface area contributed by atoms with Gasteiger partial charge in [-0.2, -0.15) is 18.3 Å². The number of nitrogens with zero attached hydrogens (tertiary/aromatic N) is 2. The van der Waals surface area contributed by atoms with Crippen LogP contribution in [-0.4, -0.2) is 28.1 Å². The van der Waals surface area contributed by atoms with Gasteiger partial charge >= 0.3 is 13.3 Å². The van der Waals surface area contributed by atoms with Gasteiger partial charge in [-0.25, -0.2) is 0 Å². The Morgan fingerprint density at radius 2 is 1.73 bits per heavy atom. The zero-order valence-electron chi connectivity index (χ0n) is 15.5. The molecule has 1 aromatic heterocycles. The minimum absolute atomic E-state index is 0.353. The van der Waals surface area contributed by atoms with Gasteiger partial charge in [0.15, 0.2) is 0 Å². The predicted molar refractivity (Wildman–Crippen MR) is 93.2 cm³/mol. The van der Waals surface area contributed by atoms with Crippen molar-refractivity contribution in [2.45, 2.75) is 58.0 Å². The first-order valence-corrected chi connectivity index (χ1v) is 8.47. The molecular formula is C18H22BF3N2O2. The first-order chi connectivity index (χ1) is 11.9. The van der Waals surface area contributed by atoms with E-state index in [-0.39, 0.29) is 6.04 Å². The largest absolute Gasteiger partial charge is 0.498 e. The quantitative estimate of drug-likeness (QED) is 0.776. The van der Waals surface area contributed by atoms with E-state index in [9.17, 15) is 13.2 Å². The van der Waals surface area contributed by atoms with Gasteiger partial charge < -0.3 is 9.31 Å². The summed E-state index contributed by atoms with van der Waals surface area (Å²) in [5.41, 5.74) is -0.329. The number of aromatic nitrogens is 2. The lowest BCUT2D eigenvalue weighted by Crippen LogP contribution is -2.41. The lowest BCUT2D eigenvalue weighted by Gasteiger charge is -2.32. The molecule has 0 radical (unpaired) electrons. The molecule has 26 heavy (non-hydrogen) atoms. The Morgan fingerprint density at radius 3 is 2.31 bits per heavy atom. The Morgan fingerprint density at radius 1 is 1.12 bits per heavy atom. The van der Waals surface area contributed by atoms with Crippen LogP contribution >= 0.6 is 0 Å². The van der Waals surface area contributed by atoms with Gasteiger partial charge in [-0.15, -0.1) is 0 Å². The van der Waals surface area contributed by atoms with Crippen LogP contribution in [-0.2, 0) is 15.5 Å². The molecular weight excluding hydrogens is 344 g/mol. The van der Waals surface area contributed by atoms with Crippen molar-refractivity contribution in [3.63, 3.8) is 0 Å². The zero-order chi connectivity index (χ0) is 19.3. The van der Waals surface area contributed by atoms with Crippen LogP contribution in [0.1, 0.15) is 51.8 Å². The SMILES string of the molecule is C[C@@H](c1cccc(C(F)(F)F)c1)n1cc(B2OC(C)(C)C(C)(C)O2)cn1. The highest BCUT2D eigenvalue weighted by molar-refractivity contribution is 6.62. The third kappa shape index (κ3) is 3.40. The van der Waals surface area contributed by atoms with Crippen LogP contribution < -0.4 is 5.46 Å². The van der Waals surface area contributed by atoms with Crippen LogP contribution in [0.5, 0.6) is 0 Å². The lowest BCUT2D eigenvalue weighted by molar-refractivity contribution is -0.137. The molecule has 1 atom stereocenters. The fourth-order valence-corrected chi connectivity index (χ4v) is 2.79. The summed E-state index contributed by atoms with van der Waals surface area (Å²) in [5.74, 6) is 0. The minimum Gasteiger partial charge on any atom is -0.399 e. The van der Waals surface area contributed by atoms with Crippen LogP contribution in [0, 0.1) is 0 Å². The van der Waals surface area contributed by atoms with Crippen molar-refractivity contribution in [2.75, 3.05) is 0 Å². The molecule has 1 fully saturated rings. The Labute approximate surface area is 151 Å². The number of hydrogen-bond donors (Lipinski definition) is 0. The third-order valence-electron chi connectivity index (χ3n) is 5.24. The van der Waals surface area contributed by atoms with Gasteiger partial charge in [-0.3, -0.25) is 4.68 Å². The van der Waals surface area contributed by atoms with E-state index >= 15 is 0 Å². The molecule has 3 rings (SSSR count). The number of rotatable bonds is 3. The second-order valence-corrected chi connectivity index (χ2v) is 7.64. The second-order valence-electron chi connectivity index (χ2n) is 7.64. The summed E-state index contributed by atoms with van der Waals surface area (Å²) in [5, 5.41) is 4.30. The van der Waals surface area contributed by atoms with Crippen molar-refractivity contribution in [1.82, 2.24) is 9.78 Å². The molecule has 0 bridgehead atoms. The third-order valence-corrected chi connectivity index (χ3v) is 5.24. The van der Waals surface area contributed by atoms with Crippen molar-refractivity contribution in [1.29, 1.82) is 0 Å². The molecule has 4 nitrogen and oxygen atoms in total. The minimum atomic E-state index is -4.37. The predicted octanol–water partition coefficient (Wildman–Crippen LogP) is 3.81. The molecule has 0 aliphatic carbocycles. The fraction of sp³-hybridized carbons (Fsp3) is 0.500. The van der Waals surface area contributed by atoms with Crippen molar-refractivity contribution >= 4 is 12.6 Å². The van der Waals surface area contributed by atoms with E-state index in [4.69, 9.17) is 9.31 Å². The maximum Gasteiger partial charge on any atom is 0.498 e. The summed E-state index contributed by atoms with van der Waals surface area (Å²) in [4.78, 5) is 0. The molecule has 0 N–H and O–H groups in total. The zero-order valence-corrected chi connectivity index (χ0v) is 15.5. The average molecular weight is 366 g/mol. The molecule has 0 saturated carbocycles. The fourth-order valence-electron chi connectivity index (χ4n) is 2.79. The van der Waals surface area contributed by atoms with Crippen molar-refractivity contribution < 1.29 is 22.5 Å². The van der Waals surface area contributed by atoms with Gasteiger partial charge in [0.1, 0.15) is 0 Å². The van der Waals surface area contributed by atoms with Gasteiger partial charge in [0.05, 0.1) is 22.8 Å². The topological polar surface area (TPSA) is 36.3 Å². The van der Waals surface area contributed by atoms with E-state index in [1.54, 1.807) is 30.1 Å². The summed E-state index contributed by atoms with van der Waals surface area (Å²) in [6.07, 6.45) is -0.979. The highest BCUT2D eigenvalue weighted by atomic mass is 19.4. The van der Waals surface area contributed by atoms with Gasteiger partial charge in [-0.05, 0) is 52.3 Å². The molecule has 1 saturated heterocycles. The van der Waals surface area contributed by atoms with Crippen LogP contribution in [0.2, 0.25) is 0 Å². The standard InChI is InChI=1S/C18H22BF3N2O2/c1-12(13-7-6-8-14(9-13)18(20,21)22)24-11-15(10-23-24)19-25-16(2,3)17(4,5)26-19/h6-12H,1-5H3/t12-/m0/s1. The first kappa shape index (κ1) is 19.0. The van der Waals surface area contributed by atoms with Gasteiger partial charge in [-0.1, -0.05) is 12.1 Å². The molecule has 2 aromatic rings. The highest BCUT2D eigenvalue weighted by Crippen LogP contribution is 2.36. The van der Waals surface area contributed by atoms with E-state index in [0.29, 0.717) is 5.56 Å². The van der Waals surface area contributed by atoms with E-state index in [2.05, 4.69) is 5.10 Å². The Kier molecular flexibility index (Phi) is 4.47. The highest BCUT2D eigenvalue weighted by Gasteiger charge is 2.52. The van der Waals surface area contributed by atoms with Crippen molar-refractivity contribution in [2.24, 2.45) is 0 Å². The Hall–Kier alpha value is -1.80. The van der Waals surface area contributed by atoms with Gasteiger partial charge in [0.25, 0.3) is 0 Å². The number of halogens is 3. The van der Waals surface area contributed by atoms with E-state index in [1.807, 2.05) is 27.7 Å². The summed E-state index contributed by atoms with van der Waals surface area (Å²) >= 11 is 0. The maximum atomic E-state index is 12.9. The molecule has 0 unspecified atom stereocenters. The molecule has 0 amide bonds. The van der Waals surface area contributed by atoms with Crippen LogP contribution in [0.15, 0.2) is 36.7 Å². The smallest absolute Gasteiger partial charge is 0.399 e. The van der Waals surface area contributed by atoms with E-state index in [0.717, 1.165) is 17.6 Å². The first-order valence-electron chi connectivity index (χ1n) is 8.47. The summed E-state index contributed by atoms with van der Waals surface area (Å²) < 4.78 is 52.4. The number of hydrogen-bond acceptors (Lipinski definition) is 3. The molecule has 1 aliphatic rings. The average Bonchev–Trinajstić information content (AvgIpc) is 3.09. The van der Waals surface area contributed by atoms with E-state index < -0.39 is 30.1 Å². The van der Waals surface area contributed by atoms with Crippen LogP contribution in [0.4, 0.5) is 13.2 Å². The summed E-state index contributed by atoms with van der Waals surface area (Å²) in [7, 11) is -0.553. The van der Waals surface area contributed by atoms with Crippen LogP contribution in [0.3, 0.4) is 0 Å². The summed E-state index contributed by atoms with van der Waals surface area (Å²) in [6, 6.07) is 4.94. The molecule has 2 heterocycles. The maximum absolute atomic E-state index is 12.9. The van der Waals surface area contributed by atoms with E-state index in [1.165, 1.54) is 6.07 Å². The second kappa shape index (κ2) is 6.13. The Bertz CT molecular complexity index is 786. The normalized spacial score (nSPS) is 20.4. The van der Waals surface area contributed by atoms with Crippen LogP contribution in [0.25, 0.3) is 0 Å². The molecule has 140 valence electrons. The monoisotopic (exact) mass is 366 g/mol. The Balaban J connectivity index is 1.83. The number of benzene rings is 1. The van der Waals surface area contributed by atoms with Crippen molar-refractivity contribution in [3.05, 3.63) is 47.8 Å². The van der Waals surface area contributed by atoms with Gasteiger partial charge in [0.2, 0.25) is 0 Å². The molecule has 0 spiro atoms. The summed E-state index contributed by atoms with van der Waals surface area (Å²) in [6.45, 7) is 9.65.